The molecule has 5 heteroatoms. The number of rotatable bonds is 4. The molecule has 5 nitrogen and oxygen atoms in total. The molecule has 2 heterocycles. The fourth-order valence-corrected chi connectivity index (χ4v) is 3.55. The highest BCUT2D eigenvalue weighted by Gasteiger charge is 2.26. The summed E-state index contributed by atoms with van der Waals surface area (Å²) < 4.78 is 7.77. The van der Waals surface area contributed by atoms with Gasteiger partial charge in [-0.05, 0) is 23.3 Å². The second-order valence-corrected chi connectivity index (χ2v) is 6.35. The molecule has 0 bridgehead atoms. The summed E-state index contributed by atoms with van der Waals surface area (Å²) in [5.74, 6) is 0. The van der Waals surface area contributed by atoms with Crippen molar-refractivity contribution < 1.29 is 4.74 Å². The Labute approximate surface area is 141 Å². The molecule has 1 aliphatic heterocycles. The predicted octanol–water partition coefficient (Wildman–Crippen LogP) is 2.89. The molecule has 0 saturated carbocycles. The van der Waals surface area contributed by atoms with E-state index < -0.39 is 0 Å². The largest absolute Gasteiger partial charge is 0.374 e. The second kappa shape index (κ2) is 6.71. The molecule has 1 aliphatic rings. The Morgan fingerprint density at radius 2 is 2.08 bits per heavy atom. The maximum Gasteiger partial charge on any atom is 0.137 e. The summed E-state index contributed by atoms with van der Waals surface area (Å²) >= 11 is 0. The molecule has 2 atom stereocenters. The topological polar surface area (TPSA) is 43.2 Å². The van der Waals surface area contributed by atoms with Crippen LogP contribution in [0.25, 0.3) is 10.8 Å². The van der Waals surface area contributed by atoms with Crippen molar-refractivity contribution >= 4 is 10.8 Å². The van der Waals surface area contributed by atoms with E-state index in [9.17, 15) is 0 Å². The molecule has 1 aromatic heterocycles. The zero-order valence-electron chi connectivity index (χ0n) is 13.9. The molecule has 0 spiro atoms. The highest BCUT2D eigenvalue weighted by atomic mass is 16.5. The lowest BCUT2D eigenvalue weighted by Gasteiger charge is -2.37. The lowest BCUT2D eigenvalue weighted by molar-refractivity contribution is -0.0495. The molecular formula is C19H22N4O. The van der Waals surface area contributed by atoms with Crippen molar-refractivity contribution in [3.63, 3.8) is 0 Å². The van der Waals surface area contributed by atoms with E-state index in [-0.39, 0.29) is 6.10 Å². The van der Waals surface area contributed by atoms with Gasteiger partial charge in [0.15, 0.2) is 0 Å². The molecule has 1 saturated heterocycles. The van der Waals surface area contributed by atoms with Crippen molar-refractivity contribution in [2.24, 2.45) is 0 Å². The molecule has 0 amide bonds. The molecule has 4 rings (SSSR count). The maximum atomic E-state index is 5.92. The van der Waals surface area contributed by atoms with Crippen molar-refractivity contribution in [3.8, 4) is 0 Å². The Morgan fingerprint density at radius 3 is 2.96 bits per heavy atom. The Bertz CT molecular complexity index is 797. The molecule has 124 valence electrons. The first-order valence-electron chi connectivity index (χ1n) is 8.47. The smallest absolute Gasteiger partial charge is 0.137 e. The lowest BCUT2D eigenvalue weighted by Crippen LogP contribution is -2.45. The van der Waals surface area contributed by atoms with Gasteiger partial charge in [0.05, 0.1) is 19.3 Å². The summed E-state index contributed by atoms with van der Waals surface area (Å²) in [6.07, 6.45) is 3.47. The number of benzene rings is 2. The minimum Gasteiger partial charge on any atom is -0.374 e. The van der Waals surface area contributed by atoms with Gasteiger partial charge in [-0.15, -0.1) is 0 Å². The van der Waals surface area contributed by atoms with Gasteiger partial charge < -0.3 is 4.74 Å². The van der Waals surface area contributed by atoms with Gasteiger partial charge in [0.2, 0.25) is 0 Å². The number of morpholine rings is 1. The molecule has 0 N–H and O–H groups in total. The van der Waals surface area contributed by atoms with Crippen LogP contribution in [0.3, 0.4) is 0 Å². The summed E-state index contributed by atoms with van der Waals surface area (Å²) in [7, 11) is 0. The van der Waals surface area contributed by atoms with E-state index in [4.69, 9.17) is 4.74 Å². The molecule has 1 fully saturated rings. The van der Waals surface area contributed by atoms with E-state index in [1.165, 1.54) is 16.3 Å². The third-order valence-electron chi connectivity index (χ3n) is 4.85. The highest BCUT2D eigenvalue weighted by molar-refractivity contribution is 5.86. The molecule has 2 aromatic carbocycles. The van der Waals surface area contributed by atoms with Crippen LogP contribution < -0.4 is 0 Å². The average molecular weight is 322 g/mol. The van der Waals surface area contributed by atoms with Gasteiger partial charge in [0.1, 0.15) is 12.7 Å². The van der Waals surface area contributed by atoms with E-state index >= 15 is 0 Å². The normalized spacial score (nSPS) is 20.3. The molecular weight excluding hydrogens is 300 g/mol. The number of ether oxygens (including phenoxy) is 1. The number of nitrogens with zero attached hydrogens (tertiary/aromatic N) is 4. The lowest BCUT2D eigenvalue weighted by atomic mass is 9.98. The van der Waals surface area contributed by atoms with E-state index in [0.29, 0.717) is 6.04 Å². The third-order valence-corrected chi connectivity index (χ3v) is 4.85. The fourth-order valence-electron chi connectivity index (χ4n) is 3.55. The first-order chi connectivity index (χ1) is 11.8. The summed E-state index contributed by atoms with van der Waals surface area (Å²) in [6.45, 7) is 5.66. The predicted molar refractivity (Wildman–Crippen MR) is 93.7 cm³/mol. The number of fused-ring (bicyclic) bond motifs is 1. The van der Waals surface area contributed by atoms with Crippen LogP contribution in [0.15, 0.2) is 55.1 Å². The van der Waals surface area contributed by atoms with Crippen molar-refractivity contribution in [1.29, 1.82) is 0 Å². The van der Waals surface area contributed by atoms with Crippen molar-refractivity contribution in [3.05, 3.63) is 60.7 Å². The Hall–Kier alpha value is -2.24. The van der Waals surface area contributed by atoms with E-state index in [1.54, 1.807) is 12.7 Å². The average Bonchev–Trinajstić information content (AvgIpc) is 3.14. The van der Waals surface area contributed by atoms with Gasteiger partial charge in [0, 0.05) is 19.1 Å². The maximum absolute atomic E-state index is 5.92. The van der Waals surface area contributed by atoms with Crippen molar-refractivity contribution in [1.82, 2.24) is 19.7 Å². The van der Waals surface area contributed by atoms with Crippen LogP contribution in [0.2, 0.25) is 0 Å². The van der Waals surface area contributed by atoms with Crippen molar-refractivity contribution in [2.45, 2.75) is 25.6 Å². The Morgan fingerprint density at radius 1 is 1.21 bits per heavy atom. The van der Waals surface area contributed by atoms with Crippen molar-refractivity contribution in [2.75, 3.05) is 19.7 Å². The van der Waals surface area contributed by atoms with Gasteiger partial charge in [-0.2, -0.15) is 5.10 Å². The minimum atomic E-state index is 0.151. The van der Waals surface area contributed by atoms with Crippen LogP contribution in [0.1, 0.15) is 18.5 Å². The van der Waals surface area contributed by atoms with Gasteiger partial charge in [0.25, 0.3) is 0 Å². The van der Waals surface area contributed by atoms with E-state index in [0.717, 1.165) is 26.2 Å². The third kappa shape index (κ3) is 3.05. The molecule has 3 aromatic rings. The van der Waals surface area contributed by atoms with Crippen LogP contribution in [0.4, 0.5) is 0 Å². The summed E-state index contributed by atoms with van der Waals surface area (Å²) in [4.78, 5) is 6.51. The monoisotopic (exact) mass is 322 g/mol. The van der Waals surface area contributed by atoms with E-state index in [2.05, 4.69) is 64.4 Å². The first-order valence-corrected chi connectivity index (χ1v) is 8.47. The fraction of sp³-hybridized carbons (Fsp3) is 0.368. The number of hydrogen-bond acceptors (Lipinski definition) is 4. The van der Waals surface area contributed by atoms with Crippen LogP contribution in [0, 0.1) is 0 Å². The quantitative estimate of drug-likeness (QED) is 0.741. The molecule has 24 heavy (non-hydrogen) atoms. The van der Waals surface area contributed by atoms with Gasteiger partial charge in [-0.25, -0.2) is 4.98 Å². The Kier molecular flexibility index (Phi) is 4.28. The van der Waals surface area contributed by atoms with Crippen LogP contribution in [0.5, 0.6) is 0 Å². The SMILES string of the molecule is C[C@H](c1cccc2ccccc12)N1CCO[C@@H](Cn2cncn2)C1. The summed E-state index contributed by atoms with van der Waals surface area (Å²) in [6, 6.07) is 15.5. The highest BCUT2D eigenvalue weighted by Crippen LogP contribution is 2.29. The molecule has 0 aliphatic carbocycles. The van der Waals surface area contributed by atoms with Gasteiger partial charge in [-0.1, -0.05) is 42.5 Å². The zero-order valence-corrected chi connectivity index (χ0v) is 13.9. The van der Waals surface area contributed by atoms with Gasteiger partial charge in [-0.3, -0.25) is 9.58 Å². The minimum absolute atomic E-state index is 0.151. The Balaban J connectivity index is 1.53. The molecule has 0 unspecified atom stereocenters. The number of aromatic nitrogens is 3. The van der Waals surface area contributed by atoms with Crippen LogP contribution >= 0.6 is 0 Å². The first kappa shape index (κ1) is 15.3. The van der Waals surface area contributed by atoms with Crippen LogP contribution in [-0.4, -0.2) is 45.5 Å². The van der Waals surface area contributed by atoms with Crippen LogP contribution in [-0.2, 0) is 11.3 Å². The zero-order chi connectivity index (χ0) is 16.4. The molecule has 0 radical (unpaired) electrons. The van der Waals surface area contributed by atoms with E-state index in [1.807, 2.05) is 4.68 Å². The summed E-state index contributed by atoms with van der Waals surface area (Å²) in [5, 5.41) is 6.83. The number of hydrogen-bond donors (Lipinski definition) is 0. The van der Waals surface area contributed by atoms with Gasteiger partial charge >= 0.3 is 0 Å². The summed E-state index contributed by atoms with van der Waals surface area (Å²) in [5.41, 5.74) is 1.38. The standard InChI is InChI=1S/C19H22N4O/c1-15(18-8-4-6-16-5-2-3-7-19(16)18)22-9-10-24-17(11-22)12-23-14-20-13-21-23/h2-8,13-15,17H,9-12H2,1H3/t15-,17-/m1/s1. The second-order valence-electron chi connectivity index (χ2n) is 6.35.